The molecule has 0 saturated carbocycles. The van der Waals surface area contributed by atoms with Crippen LogP contribution in [-0.4, -0.2) is 44.7 Å². The molecule has 17 aromatic rings. The SMILES string of the molecule is CC(C)(C)c1ccc2c(c1)c1cc(C(C)(C)C)ccc1n2-c1ccc(-c2c3nc(c(-c4ccc(-n5c6ccc(C(C)(C)C)cc6c6cc(C(C)(C)C)ccc65)cc4)c4ccc([nH]4)c(-c4ccc(C#Cc5ccc(C(=O)O)cc5)s4)c4nc(c(-c5ccc(-n6c7ccc(C(C)(C)C)cc7c7cc(C(C)(C)C)ccc76)cc5)c5ccc2[nH]5)C=C4)C=C3)cc1. The number of hydrogen-bond donors (Lipinski definition) is 3. The summed E-state index contributed by atoms with van der Waals surface area (Å²) in [6.45, 7) is 41.3. The van der Waals surface area contributed by atoms with Crippen molar-refractivity contribution in [3.63, 3.8) is 0 Å². The number of H-pyrrole nitrogens is 2. The summed E-state index contributed by atoms with van der Waals surface area (Å²) in [4.78, 5) is 33.5. The largest absolute Gasteiger partial charge is 0.478 e. The molecule has 0 radical (unpaired) electrons. The van der Waals surface area contributed by atoms with Gasteiger partial charge in [-0.3, -0.25) is 0 Å². The predicted octanol–water partition coefficient (Wildman–Crippen LogP) is 29.6. The van der Waals surface area contributed by atoms with Crippen molar-refractivity contribution in [2.45, 2.75) is 157 Å². The number of thiophene rings is 1. The third kappa shape index (κ3) is 13.9. The molecule has 7 aromatic heterocycles. The molecule has 0 amide bonds. The maximum Gasteiger partial charge on any atom is 0.335 e. The summed E-state index contributed by atoms with van der Waals surface area (Å²) in [7, 11) is 0. The third-order valence-electron chi connectivity index (χ3n) is 24.8. The van der Waals surface area contributed by atoms with Gasteiger partial charge in [-0.2, -0.15) is 0 Å². The summed E-state index contributed by atoms with van der Waals surface area (Å²) >= 11 is 1.60. The first-order valence-electron chi connectivity index (χ1n) is 42.3. The lowest BCUT2D eigenvalue weighted by atomic mass is 9.85. The number of aromatic carboxylic acids is 1. The smallest absolute Gasteiger partial charge is 0.335 e. The van der Waals surface area contributed by atoms with Crippen molar-refractivity contribution in [3.8, 4) is 72.7 Å². The van der Waals surface area contributed by atoms with Gasteiger partial charge in [0.15, 0.2) is 0 Å². The highest BCUT2D eigenvalue weighted by atomic mass is 32.1. The summed E-state index contributed by atoms with van der Waals surface area (Å²) in [5, 5.41) is 17.2. The lowest BCUT2D eigenvalue weighted by Gasteiger charge is -2.19. The standard InChI is InChI=1S/C111H101N7O2S/c1-106(2,3)70-30-52-94-80(59-70)81-60-71(107(4,5)6)31-53-95(81)116(94)76-36-24-66(25-37-76)101-86-44-46-88(112-86)102(67-26-38-77(39-27-67)117-96-54-32-72(108(7,8)9)61-82(96)83-62-73(109(10,11)12)33-55-97(83)117)90-48-50-92(114-90)104(100-58-43-79(121-100)42-21-65-19-22-69(23-20-65)105(119)120)93-51-49-91(115-93)103(89-47-45-87(101)113-89)68-28-40-78(41-29-68)118-98-56-34-74(110(13,14)15)63-84(98)85-64-75(111(16,17)18)35-57-99(85)118/h19-20,22-41,43-64,112,115H,1-18H3,(H,119,120). The number of aromatic amines is 2. The van der Waals surface area contributed by atoms with Crippen LogP contribution in [0.4, 0.5) is 0 Å². The maximum atomic E-state index is 11.9. The van der Waals surface area contributed by atoms with Crippen LogP contribution in [0.5, 0.6) is 0 Å². The summed E-state index contributed by atoms with van der Waals surface area (Å²) in [6, 6.07) is 89.2. The summed E-state index contributed by atoms with van der Waals surface area (Å²) in [5.41, 5.74) is 32.1. The van der Waals surface area contributed by atoms with Crippen molar-refractivity contribution in [1.29, 1.82) is 0 Å². The van der Waals surface area contributed by atoms with Gasteiger partial charge in [0.1, 0.15) is 0 Å². The van der Waals surface area contributed by atoms with Gasteiger partial charge >= 0.3 is 5.97 Å². The van der Waals surface area contributed by atoms with E-state index in [1.54, 1.807) is 35.6 Å². The number of nitrogens with zero attached hydrogens (tertiary/aromatic N) is 5. The van der Waals surface area contributed by atoms with Gasteiger partial charge in [-0.1, -0.05) is 209 Å². The quantitative estimate of drug-likeness (QED) is 0.132. The molecule has 9 heterocycles. The second-order valence-corrected chi connectivity index (χ2v) is 40.4. The van der Waals surface area contributed by atoms with Crippen LogP contribution in [0, 0.1) is 11.8 Å². The Morgan fingerprint density at radius 1 is 0.306 bits per heavy atom. The van der Waals surface area contributed by atoms with Gasteiger partial charge in [0, 0.05) is 104 Å². The minimum absolute atomic E-state index is 0.0380. The average Bonchev–Trinajstić information content (AvgIpc) is 1.59. The molecule has 0 aliphatic carbocycles. The highest BCUT2D eigenvalue weighted by molar-refractivity contribution is 7.16. The van der Waals surface area contributed by atoms with Gasteiger partial charge in [0.25, 0.3) is 0 Å². The lowest BCUT2D eigenvalue weighted by molar-refractivity contribution is 0.0696. The van der Waals surface area contributed by atoms with Gasteiger partial charge in [0.2, 0.25) is 0 Å². The molecule has 2 aliphatic rings. The molecule has 0 saturated heterocycles. The molecule has 598 valence electrons. The summed E-state index contributed by atoms with van der Waals surface area (Å²) in [6.07, 6.45) is 8.71. The molecule has 0 fully saturated rings. The first kappa shape index (κ1) is 77.8. The average molecular weight is 1600 g/mol. The Morgan fingerprint density at radius 3 is 0.835 bits per heavy atom. The third-order valence-corrected chi connectivity index (χ3v) is 25.8. The first-order chi connectivity index (χ1) is 57.5. The van der Waals surface area contributed by atoms with Crippen LogP contribution in [0.1, 0.15) is 202 Å². The molecule has 8 bridgehead atoms. The molecular formula is C111H101N7O2S. The van der Waals surface area contributed by atoms with E-state index in [-0.39, 0.29) is 38.1 Å². The highest BCUT2D eigenvalue weighted by Crippen LogP contribution is 2.46. The highest BCUT2D eigenvalue weighted by Gasteiger charge is 2.28. The molecule has 10 aromatic carbocycles. The summed E-state index contributed by atoms with van der Waals surface area (Å²) < 4.78 is 7.30. The van der Waals surface area contributed by atoms with Crippen LogP contribution in [0.25, 0.3) is 173 Å². The van der Waals surface area contributed by atoms with E-state index in [1.807, 2.05) is 0 Å². The zero-order valence-electron chi connectivity index (χ0n) is 72.4. The fraction of sp³-hybridized carbons (Fsp3) is 0.216. The second-order valence-electron chi connectivity index (χ2n) is 39.3. The molecule has 0 unspecified atom stereocenters. The molecule has 2 aliphatic heterocycles. The monoisotopic (exact) mass is 1600 g/mol. The van der Waals surface area contributed by atoms with Crippen molar-refractivity contribution >= 4 is 129 Å². The lowest BCUT2D eigenvalue weighted by Crippen LogP contribution is -2.10. The van der Waals surface area contributed by atoms with Gasteiger partial charge in [-0.05, 0) is 277 Å². The zero-order valence-corrected chi connectivity index (χ0v) is 73.2. The Bertz CT molecular complexity index is 7080. The number of carbonyl (C=O) groups is 1. The Labute approximate surface area is 712 Å². The Balaban J connectivity index is 0.846. The first-order valence-corrected chi connectivity index (χ1v) is 43.1. The van der Waals surface area contributed by atoms with E-state index in [0.717, 1.165) is 149 Å². The topological polar surface area (TPSA) is 109 Å². The van der Waals surface area contributed by atoms with Crippen molar-refractivity contribution < 1.29 is 9.90 Å². The number of aromatic nitrogens is 7. The number of benzene rings is 10. The van der Waals surface area contributed by atoms with Crippen molar-refractivity contribution in [1.82, 2.24) is 33.6 Å². The van der Waals surface area contributed by atoms with Crippen LogP contribution < -0.4 is 0 Å². The van der Waals surface area contributed by atoms with Gasteiger partial charge in [-0.25, -0.2) is 14.8 Å². The van der Waals surface area contributed by atoms with Crippen LogP contribution >= 0.6 is 11.3 Å². The van der Waals surface area contributed by atoms with Crippen molar-refractivity contribution in [3.05, 3.63) is 315 Å². The van der Waals surface area contributed by atoms with Crippen molar-refractivity contribution in [2.75, 3.05) is 0 Å². The maximum absolute atomic E-state index is 11.9. The molecule has 19 rings (SSSR count). The number of carboxylic acid groups (broad SMARTS) is 1. The number of rotatable bonds is 8. The number of fused-ring (bicyclic) bond motifs is 17. The van der Waals surface area contributed by atoms with E-state index in [9.17, 15) is 9.90 Å². The normalized spacial score (nSPS) is 13.0. The number of nitrogens with one attached hydrogen (secondary N) is 2. The van der Waals surface area contributed by atoms with Gasteiger partial charge < -0.3 is 28.8 Å². The van der Waals surface area contributed by atoms with Crippen molar-refractivity contribution in [2.24, 2.45) is 0 Å². The molecule has 0 atom stereocenters. The Kier molecular flexibility index (Phi) is 18.2. The zero-order chi connectivity index (χ0) is 84.5. The minimum atomic E-state index is -0.976. The molecule has 9 nitrogen and oxygen atoms in total. The van der Waals surface area contributed by atoms with E-state index in [0.29, 0.717) is 0 Å². The van der Waals surface area contributed by atoms with Gasteiger partial charge in [0.05, 0.1) is 66.3 Å². The number of carboxylic acids is 1. The number of hydrogen-bond acceptors (Lipinski definition) is 4. The molecule has 3 N–H and O–H groups in total. The van der Waals surface area contributed by atoms with Crippen LogP contribution in [-0.2, 0) is 32.5 Å². The Morgan fingerprint density at radius 2 is 0.570 bits per heavy atom. The second kappa shape index (κ2) is 28.3. The van der Waals surface area contributed by atoms with E-state index in [1.165, 1.54) is 65.7 Å². The fourth-order valence-electron chi connectivity index (χ4n) is 17.8. The van der Waals surface area contributed by atoms with Crippen LogP contribution in [0.3, 0.4) is 0 Å². The van der Waals surface area contributed by atoms with E-state index < -0.39 is 5.97 Å². The fourth-order valence-corrected chi connectivity index (χ4v) is 18.7. The van der Waals surface area contributed by atoms with Crippen LogP contribution in [0.2, 0.25) is 0 Å². The van der Waals surface area contributed by atoms with E-state index in [2.05, 4.69) is 403 Å². The molecule has 121 heavy (non-hydrogen) atoms. The minimum Gasteiger partial charge on any atom is -0.478 e. The Hall–Kier alpha value is -13.1. The molecule has 0 spiro atoms. The summed E-state index contributed by atoms with van der Waals surface area (Å²) in [5.74, 6) is 5.77. The van der Waals surface area contributed by atoms with Crippen LogP contribution in [0.15, 0.2) is 243 Å². The van der Waals surface area contributed by atoms with E-state index >= 15 is 0 Å². The molecule has 10 heteroatoms. The van der Waals surface area contributed by atoms with Gasteiger partial charge in [-0.15, -0.1) is 11.3 Å². The predicted molar refractivity (Wildman–Crippen MR) is 513 cm³/mol. The molecular weight excluding hydrogens is 1500 g/mol. The van der Waals surface area contributed by atoms with E-state index in [4.69, 9.17) is 9.97 Å².